The van der Waals surface area contributed by atoms with Gasteiger partial charge in [-0.2, -0.15) is 10.2 Å². The Balaban J connectivity index is 0.000000325. The number of hydrogen-bond donors (Lipinski definition) is 3. The summed E-state index contributed by atoms with van der Waals surface area (Å²) in [5.74, 6) is -1.94. The number of carbonyl (C=O) groups is 2. The molecule has 0 unspecified atom stereocenters. The molecule has 2 heterocycles. The van der Waals surface area contributed by atoms with E-state index in [9.17, 15) is 26.4 Å². The van der Waals surface area contributed by atoms with Crippen molar-refractivity contribution in [2.75, 3.05) is 71.7 Å². The summed E-state index contributed by atoms with van der Waals surface area (Å²) in [7, 11) is 4.29. The minimum Gasteiger partial charge on any atom is -0.421 e. The molecule has 28 heteroatoms. The number of sulfonamides is 2. The monoisotopic (exact) mass is 1340 g/mol. The first kappa shape index (κ1) is 68.2. The molecule has 0 radical (unpaired) electrons. The first-order valence-corrected chi connectivity index (χ1v) is 31.4. The van der Waals surface area contributed by atoms with E-state index in [0.29, 0.717) is 22.5 Å². The Morgan fingerprint density at radius 3 is 1.27 bits per heavy atom. The van der Waals surface area contributed by atoms with Gasteiger partial charge in [-0.05, 0) is 141 Å². The van der Waals surface area contributed by atoms with Crippen molar-refractivity contribution in [3.63, 3.8) is 0 Å². The van der Waals surface area contributed by atoms with E-state index in [-0.39, 0.29) is 84.8 Å². The zero-order valence-electron chi connectivity index (χ0n) is 49.5. The number of nitrogens with zero attached hydrogens (tertiary/aromatic N) is 9. The summed E-state index contributed by atoms with van der Waals surface area (Å²) >= 11 is 23.4. The Labute approximate surface area is 541 Å². The van der Waals surface area contributed by atoms with E-state index in [1.54, 1.807) is 27.7 Å². The number of fused-ring (bicyclic) bond motifs is 1. The number of rotatable bonds is 20. The summed E-state index contributed by atoms with van der Waals surface area (Å²) in [6.07, 6.45) is 0. The van der Waals surface area contributed by atoms with Crippen LogP contribution in [0.5, 0.6) is 5.75 Å². The van der Waals surface area contributed by atoms with Gasteiger partial charge in [0.1, 0.15) is 5.69 Å². The molecule has 7 aromatic carbocycles. The van der Waals surface area contributed by atoms with Crippen molar-refractivity contribution in [3.05, 3.63) is 185 Å². The Hall–Kier alpha value is -8.29. The molecular formula is C61H61Cl5N12O9S2. The number of benzene rings is 7. The Kier molecular flexibility index (Phi) is 22.5. The van der Waals surface area contributed by atoms with Gasteiger partial charge >= 0.3 is 5.97 Å². The van der Waals surface area contributed by atoms with Crippen molar-refractivity contribution in [3.8, 4) is 5.75 Å². The van der Waals surface area contributed by atoms with E-state index >= 15 is 0 Å². The molecule has 0 fully saturated rings. The molecule has 0 spiro atoms. The van der Waals surface area contributed by atoms with Gasteiger partial charge in [0.25, 0.3) is 26.0 Å². The fourth-order valence-electron chi connectivity index (χ4n) is 8.58. The summed E-state index contributed by atoms with van der Waals surface area (Å²) in [6.45, 7) is 6.64. The first-order valence-electron chi connectivity index (χ1n) is 26.7. The quantitative estimate of drug-likeness (QED) is 0.0211. The smallest absolute Gasteiger partial charge is 0.344 e. The molecule has 2 aromatic heterocycles. The average molecular weight is 1350 g/mol. The fourth-order valence-corrected chi connectivity index (χ4v) is 10.9. The lowest BCUT2D eigenvalue weighted by Crippen LogP contribution is -2.19. The van der Waals surface area contributed by atoms with Crippen molar-refractivity contribution < 1.29 is 40.2 Å². The highest BCUT2D eigenvalue weighted by molar-refractivity contribution is 7.93. The number of halogens is 5. The summed E-state index contributed by atoms with van der Waals surface area (Å²) in [5, 5.41) is 27.6. The molecular weight excluding hydrogens is 1290 g/mol. The van der Waals surface area contributed by atoms with Crippen LogP contribution in [0.3, 0.4) is 0 Å². The van der Waals surface area contributed by atoms with Crippen LogP contribution in [-0.2, 0) is 29.6 Å². The van der Waals surface area contributed by atoms with Crippen LogP contribution < -0.4 is 34.2 Å². The number of carbonyl (C=O) groups excluding carboxylic acids is 2. The Morgan fingerprint density at radius 1 is 0.528 bits per heavy atom. The number of esters is 1. The van der Waals surface area contributed by atoms with Crippen LogP contribution in [0.1, 0.15) is 45.1 Å². The van der Waals surface area contributed by atoms with E-state index in [2.05, 4.69) is 175 Å². The lowest BCUT2D eigenvalue weighted by Gasteiger charge is -2.22. The zero-order valence-corrected chi connectivity index (χ0v) is 55.0. The molecule has 0 aliphatic heterocycles. The first-order chi connectivity index (χ1) is 41.7. The van der Waals surface area contributed by atoms with Crippen molar-refractivity contribution in [2.45, 2.75) is 53.1 Å². The average Bonchev–Trinajstić information content (AvgIpc) is 1.89. The second-order valence-corrected chi connectivity index (χ2v) is 26.0. The predicted molar refractivity (Wildman–Crippen MR) is 355 cm³/mol. The van der Waals surface area contributed by atoms with Crippen LogP contribution in [0.25, 0.3) is 10.8 Å². The van der Waals surface area contributed by atoms with E-state index in [1.165, 1.54) is 107 Å². The van der Waals surface area contributed by atoms with Gasteiger partial charge < -0.3 is 33.8 Å². The van der Waals surface area contributed by atoms with Gasteiger partial charge in [-0.3, -0.25) is 4.79 Å². The standard InChI is InChI=1S/C36H29Cl4N9O9S2.C25H31N3.ClH/c1-17-19(3)46-57-34(17)48-59(52,53)23-12-8-21(9-13-23)42-44-27-16-28(30(56-36(51)32(39)40)25-6-5-7-26(29(25)27)41-33(50)31(37)38)45-43-22-10-14-24(15-11-22)60(54,55)49-35-18(2)20(4)47-58-35;1-26(2)22-13-7-19(8-14-22)25(20-9-15-23(16-10-20)27(3)4)21-11-17-24(18-12-21)28(5)6;/h5-16,31-32,48-49H,1-4H3,(H,41,50);7-18,25H,1-6H3;1H. The minimum atomic E-state index is -4.08. The summed E-state index contributed by atoms with van der Waals surface area (Å²) < 4.78 is 72.6. The number of azo groups is 2. The van der Waals surface area contributed by atoms with E-state index in [0.717, 1.165) is 0 Å². The zero-order chi connectivity index (χ0) is 63.8. The number of nitrogens with one attached hydrogen (secondary N) is 3. The SMILES string of the molecule is CN(C)c1ccc(C(c2ccc(N(C)C)cc2)c2ccc(N(C)C)cc2)cc1.Cc1noc(NS(=O)(=O)c2ccc(N=Nc3cc(N=Nc4ccc(S(=O)(=O)Nc5onc(C)c5C)cc4)c4c(NC(=O)C(Cl)Cl)cccc4c3OC(=O)C(Cl)Cl)cc2)c1C.Cl. The highest BCUT2D eigenvalue weighted by Crippen LogP contribution is 2.46. The molecule has 0 saturated heterocycles. The molecule has 0 atom stereocenters. The molecule has 21 nitrogen and oxygen atoms in total. The molecule has 0 aliphatic carbocycles. The van der Waals surface area contributed by atoms with E-state index < -0.39 is 41.6 Å². The van der Waals surface area contributed by atoms with Gasteiger partial charge in [-0.1, -0.05) is 105 Å². The topological polar surface area (TPSA) is 259 Å². The lowest BCUT2D eigenvalue weighted by molar-refractivity contribution is -0.132. The third kappa shape index (κ3) is 16.7. The molecule has 0 saturated carbocycles. The minimum absolute atomic E-state index is 0. The number of anilines is 6. The van der Waals surface area contributed by atoms with Gasteiger partial charge in [0.2, 0.25) is 16.6 Å². The number of amides is 1. The number of aromatic nitrogens is 2. The van der Waals surface area contributed by atoms with Gasteiger partial charge in [-0.25, -0.2) is 31.1 Å². The summed E-state index contributed by atoms with van der Waals surface area (Å²) in [6, 6.07) is 43.2. The molecule has 0 bridgehead atoms. The van der Waals surface area contributed by atoms with Crippen molar-refractivity contribution in [1.29, 1.82) is 0 Å². The third-order valence-electron chi connectivity index (χ3n) is 13.7. The van der Waals surface area contributed by atoms with Gasteiger partial charge in [0.15, 0.2) is 10.6 Å². The van der Waals surface area contributed by atoms with Crippen LogP contribution in [0.4, 0.5) is 57.3 Å². The second kappa shape index (κ2) is 29.4. The largest absolute Gasteiger partial charge is 0.421 e. The predicted octanol–water partition coefficient (Wildman–Crippen LogP) is 15.4. The lowest BCUT2D eigenvalue weighted by atomic mass is 9.85. The Bertz CT molecular complexity index is 4140. The second-order valence-electron chi connectivity index (χ2n) is 20.4. The molecule has 466 valence electrons. The van der Waals surface area contributed by atoms with Gasteiger partial charge in [-0.15, -0.1) is 22.6 Å². The van der Waals surface area contributed by atoms with Crippen molar-refractivity contribution in [1.82, 2.24) is 10.3 Å². The molecule has 1 amide bonds. The fraction of sp³-hybridized carbons (Fsp3) is 0.213. The molecule has 89 heavy (non-hydrogen) atoms. The van der Waals surface area contributed by atoms with Gasteiger partial charge in [0, 0.05) is 87.2 Å². The maximum absolute atomic E-state index is 13.1. The molecule has 9 aromatic rings. The van der Waals surface area contributed by atoms with Crippen LogP contribution in [0, 0.1) is 27.7 Å². The summed E-state index contributed by atoms with van der Waals surface area (Å²) in [5.41, 5.74) is 10.0. The number of aryl methyl sites for hydroxylation is 2. The molecule has 0 aliphatic rings. The van der Waals surface area contributed by atoms with Crippen molar-refractivity contribution >= 4 is 159 Å². The van der Waals surface area contributed by atoms with E-state index in [1.807, 2.05) is 0 Å². The van der Waals surface area contributed by atoms with E-state index in [4.69, 9.17) is 60.2 Å². The summed E-state index contributed by atoms with van der Waals surface area (Å²) in [4.78, 5) is 28.5. The molecule has 3 N–H and O–H groups in total. The maximum Gasteiger partial charge on any atom is 0.344 e. The number of hydrogen-bond acceptors (Lipinski definition) is 18. The van der Waals surface area contributed by atoms with Gasteiger partial charge in [0.05, 0.1) is 43.9 Å². The highest BCUT2D eigenvalue weighted by atomic mass is 35.5. The van der Waals surface area contributed by atoms with Crippen LogP contribution in [-0.4, -0.2) is 91.0 Å². The van der Waals surface area contributed by atoms with Crippen LogP contribution >= 0.6 is 58.8 Å². The van der Waals surface area contributed by atoms with Crippen LogP contribution in [0.15, 0.2) is 185 Å². The van der Waals surface area contributed by atoms with Crippen LogP contribution in [0.2, 0.25) is 0 Å². The third-order valence-corrected chi connectivity index (χ3v) is 17.2. The normalized spacial score (nSPS) is 11.7. The Morgan fingerprint density at radius 2 is 0.921 bits per heavy atom. The highest BCUT2D eigenvalue weighted by Gasteiger charge is 2.26. The number of alkyl halides is 4. The maximum atomic E-state index is 13.1. The number of ether oxygens (including phenoxy) is 1. The molecule has 9 rings (SSSR count). The van der Waals surface area contributed by atoms with Crippen molar-refractivity contribution in [2.24, 2.45) is 20.5 Å².